The normalized spacial score (nSPS) is 14.9. The lowest BCUT2D eigenvalue weighted by molar-refractivity contribution is 0.393. The number of nitrogens with two attached hydrogens (primary N) is 1. The standard InChI is InChI=1S/C9H23N3O2S/c1-5-6-9(7-10)11-15(13,14)12(4)8(2)3/h8-9,11H,5-7,10H2,1-4H3. The van der Waals surface area contributed by atoms with Crippen LogP contribution in [0.4, 0.5) is 0 Å². The van der Waals surface area contributed by atoms with Crippen LogP contribution in [-0.2, 0) is 10.2 Å². The van der Waals surface area contributed by atoms with Gasteiger partial charge in [-0.25, -0.2) is 0 Å². The number of hydrogen-bond donors (Lipinski definition) is 2. The van der Waals surface area contributed by atoms with E-state index in [1.54, 1.807) is 7.05 Å². The molecule has 6 heteroatoms. The van der Waals surface area contributed by atoms with Crippen molar-refractivity contribution in [3.63, 3.8) is 0 Å². The molecule has 5 nitrogen and oxygen atoms in total. The van der Waals surface area contributed by atoms with Crippen molar-refractivity contribution in [2.45, 2.75) is 45.7 Å². The van der Waals surface area contributed by atoms with Crippen molar-refractivity contribution in [2.24, 2.45) is 5.73 Å². The van der Waals surface area contributed by atoms with Crippen molar-refractivity contribution in [3.05, 3.63) is 0 Å². The molecule has 1 unspecified atom stereocenters. The fourth-order valence-electron chi connectivity index (χ4n) is 1.14. The lowest BCUT2D eigenvalue weighted by Crippen LogP contribution is -2.48. The summed E-state index contributed by atoms with van der Waals surface area (Å²) in [5.74, 6) is 0. The summed E-state index contributed by atoms with van der Waals surface area (Å²) < 4.78 is 27.5. The van der Waals surface area contributed by atoms with Crippen molar-refractivity contribution in [2.75, 3.05) is 13.6 Å². The second kappa shape index (κ2) is 6.42. The Bertz CT molecular complexity index is 265. The van der Waals surface area contributed by atoms with Gasteiger partial charge in [0.2, 0.25) is 0 Å². The molecule has 1 atom stereocenters. The molecule has 0 aliphatic rings. The summed E-state index contributed by atoms with van der Waals surface area (Å²) >= 11 is 0. The SMILES string of the molecule is CCCC(CN)NS(=O)(=O)N(C)C(C)C. The van der Waals surface area contributed by atoms with E-state index in [4.69, 9.17) is 5.73 Å². The van der Waals surface area contributed by atoms with Crippen LogP contribution in [0.15, 0.2) is 0 Å². The van der Waals surface area contributed by atoms with Crippen molar-refractivity contribution in [3.8, 4) is 0 Å². The first kappa shape index (κ1) is 14.8. The molecule has 0 rings (SSSR count). The highest BCUT2D eigenvalue weighted by molar-refractivity contribution is 7.87. The van der Waals surface area contributed by atoms with Crippen molar-refractivity contribution in [1.29, 1.82) is 0 Å². The van der Waals surface area contributed by atoms with Crippen LogP contribution in [0.1, 0.15) is 33.6 Å². The van der Waals surface area contributed by atoms with Crippen LogP contribution in [-0.4, -0.2) is 38.4 Å². The number of hydrogen-bond acceptors (Lipinski definition) is 3. The summed E-state index contributed by atoms with van der Waals surface area (Å²) in [4.78, 5) is 0. The van der Waals surface area contributed by atoms with Crippen LogP contribution in [0.3, 0.4) is 0 Å². The van der Waals surface area contributed by atoms with E-state index in [0.29, 0.717) is 6.54 Å². The summed E-state index contributed by atoms with van der Waals surface area (Å²) in [6, 6.07) is -0.219. The van der Waals surface area contributed by atoms with E-state index in [0.717, 1.165) is 12.8 Å². The maximum atomic E-state index is 11.8. The van der Waals surface area contributed by atoms with Crippen LogP contribution in [0, 0.1) is 0 Å². The Kier molecular flexibility index (Phi) is 6.35. The Morgan fingerprint density at radius 3 is 2.27 bits per heavy atom. The lowest BCUT2D eigenvalue weighted by Gasteiger charge is -2.24. The summed E-state index contributed by atoms with van der Waals surface area (Å²) in [5, 5.41) is 0. The first-order valence-electron chi connectivity index (χ1n) is 5.30. The monoisotopic (exact) mass is 237 g/mol. The number of rotatable bonds is 7. The third-order valence-corrected chi connectivity index (χ3v) is 4.15. The maximum Gasteiger partial charge on any atom is 0.279 e. The first-order chi connectivity index (χ1) is 6.85. The molecular weight excluding hydrogens is 214 g/mol. The molecule has 0 spiro atoms. The Hall–Kier alpha value is -0.170. The highest BCUT2D eigenvalue weighted by Gasteiger charge is 2.22. The van der Waals surface area contributed by atoms with Crippen LogP contribution in [0.5, 0.6) is 0 Å². The van der Waals surface area contributed by atoms with Gasteiger partial charge in [-0.05, 0) is 20.3 Å². The number of nitrogens with zero attached hydrogens (tertiary/aromatic N) is 1. The molecule has 0 aliphatic carbocycles. The van der Waals surface area contributed by atoms with E-state index >= 15 is 0 Å². The van der Waals surface area contributed by atoms with Crippen molar-refractivity contribution >= 4 is 10.2 Å². The Balaban J connectivity index is 4.48. The van der Waals surface area contributed by atoms with Gasteiger partial charge < -0.3 is 5.73 Å². The van der Waals surface area contributed by atoms with Gasteiger partial charge in [0.1, 0.15) is 0 Å². The zero-order valence-electron chi connectivity index (χ0n) is 10.0. The quantitative estimate of drug-likeness (QED) is 0.668. The fourth-order valence-corrected chi connectivity index (χ4v) is 2.50. The Morgan fingerprint density at radius 1 is 1.40 bits per heavy atom. The molecule has 15 heavy (non-hydrogen) atoms. The molecule has 0 bridgehead atoms. The van der Waals surface area contributed by atoms with E-state index < -0.39 is 10.2 Å². The zero-order valence-corrected chi connectivity index (χ0v) is 10.8. The van der Waals surface area contributed by atoms with Gasteiger partial charge in [0.15, 0.2) is 0 Å². The van der Waals surface area contributed by atoms with E-state index in [1.807, 2.05) is 20.8 Å². The smallest absolute Gasteiger partial charge is 0.279 e. The van der Waals surface area contributed by atoms with E-state index in [9.17, 15) is 8.42 Å². The van der Waals surface area contributed by atoms with Gasteiger partial charge in [-0.2, -0.15) is 17.4 Å². The highest BCUT2D eigenvalue weighted by atomic mass is 32.2. The van der Waals surface area contributed by atoms with Crippen molar-refractivity contribution in [1.82, 2.24) is 9.03 Å². The molecule has 0 aromatic carbocycles. The molecule has 0 saturated carbocycles. The summed E-state index contributed by atoms with van der Waals surface area (Å²) in [6.07, 6.45) is 1.68. The molecule has 0 aromatic rings. The number of nitrogens with one attached hydrogen (secondary N) is 1. The molecule has 0 aromatic heterocycles. The minimum atomic E-state index is -3.39. The van der Waals surface area contributed by atoms with Crippen LogP contribution >= 0.6 is 0 Å². The Morgan fingerprint density at radius 2 is 1.93 bits per heavy atom. The van der Waals surface area contributed by atoms with Crippen LogP contribution < -0.4 is 10.5 Å². The summed E-state index contributed by atoms with van der Waals surface area (Å²) in [7, 11) is -1.83. The van der Waals surface area contributed by atoms with Gasteiger partial charge in [0.25, 0.3) is 10.2 Å². The minimum absolute atomic E-state index is 0.0532. The van der Waals surface area contributed by atoms with Crippen LogP contribution in [0.25, 0.3) is 0 Å². The maximum absolute atomic E-state index is 11.8. The first-order valence-corrected chi connectivity index (χ1v) is 6.74. The molecule has 0 fully saturated rings. The third-order valence-electron chi connectivity index (χ3n) is 2.34. The van der Waals surface area contributed by atoms with Gasteiger partial charge in [-0.15, -0.1) is 0 Å². The average Bonchev–Trinajstić information content (AvgIpc) is 2.15. The third kappa shape index (κ3) is 4.92. The van der Waals surface area contributed by atoms with Crippen molar-refractivity contribution < 1.29 is 8.42 Å². The molecule has 0 heterocycles. The molecule has 92 valence electrons. The van der Waals surface area contributed by atoms with E-state index in [1.165, 1.54) is 4.31 Å². The van der Waals surface area contributed by atoms with E-state index in [-0.39, 0.29) is 12.1 Å². The van der Waals surface area contributed by atoms with Gasteiger partial charge in [-0.1, -0.05) is 13.3 Å². The second-order valence-electron chi connectivity index (χ2n) is 3.95. The Labute approximate surface area is 93.2 Å². The fraction of sp³-hybridized carbons (Fsp3) is 1.00. The zero-order chi connectivity index (χ0) is 12.1. The van der Waals surface area contributed by atoms with Gasteiger partial charge >= 0.3 is 0 Å². The second-order valence-corrected chi connectivity index (χ2v) is 5.72. The molecule has 0 saturated heterocycles. The molecule has 3 N–H and O–H groups in total. The van der Waals surface area contributed by atoms with E-state index in [2.05, 4.69) is 4.72 Å². The lowest BCUT2D eigenvalue weighted by atomic mass is 10.2. The minimum Gasteiger partial charge on any atom is -0.329 e. The predicted molar refractivity (Wildman–Crippen MR) is 62.7 cm³/mol. The van der Waals surface area contributed by atoms with Gasteiger partial charge in [-0.3, -0.25) is 0 Å². The predicted octanol–water partition coefficient (Wildman–Crippen LogP) is 0.288. The van der Waals surface area contributed by atoms with Crippen LogP contribution in [0.2, 0.25) is 0 Å². The summed E-state index contributed by atoms with van der Waals surface area (Å²) in [5.41, 5.74) is 5.50. The van der Waals surface area contributed by atoms with Gasteiger partial charge in [0.05, 0.1) is 0 Å². The molecule has 0 aliphatic heterocycles. The largest absolute Gasteiger partial charge is 0.329 e. The average molecular weight is 237 g/mol. The topological polar surface area (TPSA) is 75.4 Å². The highest BCUT2D eigenvalue weighted by Crippen LogP contribution is 2.04. The molecule has 0 amide bonds. The molecule has 0 radical (unpaired) electrons. The molecular formula is C9H23N3O2S. The van der Waals surface area contributed by atoms with Gasteiger partial charge in [0, 0.05) is 25.7 Å². The summed E-state index contributed by atoms with van der Waals surface area (Å²) in [6.45, 7) is 6.00.